The third-order valence-corrected chi connectivity index (χ3v) is 11.4. The summed E-state index contributed by atoms with van der Waals surface area (Å²) in [6.07, 6.45) is 0. The van der Waals surface area contributed by atoms with E-state index in [0.717, 1.165) is 66.9 Å². The van der Waals surface area contributed by atoms with Gasteiger partial charge < -0.3 is 9.30 Å². The number of fused-ring (bicyclic) bond motifs is 6. The van der Waals surface area contributed by atoms with E-state index in [2.05, 4.69) is 162 Å². The molecule has 0 atom stereocenters. The largest absolute Gasteiger partial charge is 0.456 e. The number of para-hydroxylation sites is 1. The lowest BCUT2D eigenvalue weighted by Gasteiger charge is -2.23. The Morgan fingerprint density at radius 3 is 1.83 bits per heavy atom. The molecule has 5 heteroatoms. The van der Waals surface area contributed by atoms with Crippen molar-refractivity contribution in [2.75, 3.05) is 0 Å². The van der Waals surface area contributed by atoms with Crippen molar-refractivity contribution in [2.45, 2.75) is 0 Å². The first-order valence-corrected chi connectivity index (χ1v) is 19.5. The van der Waals surface area contributed by atoms with E-state index in [1.54, 1.807) is 0 Å². The van der Waals surface area contributed by atoms with Gasteiger partial charge in [0.2, 0.25) is 0 Å². The molecule has 0 saturated carbocycles. The SMILES string of the molecule is c1ccc(-c2cccc(-c3nc(-c4ccccc4)nc(-c4ccc5c6c(cccc46)-c4cc(-n6c7ccccc7c7cc8ccccc8cc76)ccc4O5)n3)c2)cc1. The molecule has 58 heavy (non-hydrogen) atoms. The zero-order chi connectivity index (χ0) is 38.2. The molecule has 9 aromatic carbocycles. The lowest BCUT2D eigenvalue weighted by molar-refractivity contribution is 0.487. The molecule has 0 spiro atoms. The quantitative estimate of drug-likeness (QED) is 0.176. The van der Waals surface area contributed by atoms with E-state index >= 15 is 0 Å². The maximum atomic E-state index is 6.72. The molecule has 5 nitrogen and oxygen atoms in total. The molecule has 3 heterocycles. The molecule has 0 amide bonds. The predicted molar refractivity (Wildman–Crippen MR) is 236 cm³/mol. The van der Waals surface area contributed by atoms with Crippen LogP contribution in [0.1, 0.15) is 0 Å². The molecule has 270 valence electrons. The minimum atomic E-state index is 0.606. The van der Waals surface area contributed by atoms with Crippen LogP contribution in [-0.4, -0.2) is 19.5 Å². The van der Waals surface area contributed by atoms with Gasteiger partial charge in [0.1, 0.15) is 11.5 Å². The Kier molecular flexibility index (Phi) is 7.16. The summed E-state index contributed by atoms with van der Waals surface area (Å²) >= 11 is 0. The summed E-state index contributed by atoms with van der Waals surface area (Å²) < 4.78 is 9.11. The number of aromatic nitrogens is 4. The number of hydrogen-bond donors (Lipinski definition) is 0. The zero-order valence-electron chi connectivity index (χ0n) is 31.2. The van der Waals surface area contributed by atoms with Crippen molar-refractivity contribution in [3.05, 3.63) is 194 Å². The predicted octanol–water partition coefficient (Wildman–Crippen LogP) is 13.7. The summed E-state index contributed by atoms with van der Waals surface area (Å²) in [6.45, 7) is 0. The van der Waals surface area contributed by atoms with Gasteiger partial charge in [-0.15, -0.1) is 0 Å². The summed E-state index contributed by atoms with van der Waals surface area (Å²) in [5, 5.41) is 6.97. The van der Waals surface area contributed by atoms with Crippen LogP contribution in [0.2, 0.25) is 0 Å². The van der Waals surface area contributed by atoms with Gasteiger partial charge in [-0.3, -0.25) is 0 Å². The molecule has 1 aliphatic heterocycles. The Morgan fingerprint density at radius 1 is 0.345 bits per heavy atom. The first-order chi connectivity index (χ1) is 28.7. The van der Waals surface area contributed by atoms with Gasteiger partial charge in [-0.25, -0.2) is 15.0 Å². The van der Waals surface area contributed by atoms with Crippen LogP contribution in [0.5, 0.6) is 11.5 Å². The van der Waals surface area contributed by atoms with Crippen LogP contribution in [-0.2, 0) is 0 Å². The Balaban J connectivity index is 1.03. The second kappa shape index (κ2) is 12.8. The van der Waals surface area contributed by atoms with Crippen molar-refractivity contribution in [1.82, 2.24) is 19.5 Å². The molecule has 12 rings (SSSR count). The standard InChI is InChI=1S/C53H32N4O/c1-3-13-33(14-4-1)35-19-11-20-38(29-35)52-54-51(34-15-5-2-6-16-34)55-53(56-52)43-26-28-49-50-41(43)22-12-23-42(50)45-32-39(25-27-48(45)58-49)57-46-24-10-9-21-40(46)44-30-36-17-7-8-18-37(36)31-47(44)57/h1-32H. The molecule has 0 unspecified atom stereocenters. The molecular weight excluding hydrogens is 709 g/mol. The normalized spacial score (nSPS) is 11.9. The molecule has 0 radical (unpaired) electrons. The smallest absolute Gasteiger partial charge is 0.164 e. The number of rotatable bonds is 5. The van der Waals surface area contributed by atoms with Gasteiger partial charge in [0.25, 0.3) is 0 Å². The Bertz CT molecular complexity index is 3430. The average Bonchev–Trinajstić information content (AvgIpc) is 3.61. The highest BCUT2D eigenvalue weighted by Gasteiger charge is 2.24. The van der Waals surface area contributed by atoms with Crippen molar-refractivity contribution in [1.29, 1.82) is 0 Å². The fourth-order valence-electron chi connectivity index (χ4n) is 8.70. The zero-order valence-corrected chi connectivity index (χ0v) is 31.2. The van der Waals surface area contributed by atoms with Crippen LogP contribution in [0.25, 0.3) is 105 Å². The van der Waals surface area contributed by atoms with E-state index in [1.807, 2.05) is 36.4 Å². The molecule has 0 bridgehead atoms. The third-order valence-electron chi connectivity index (χ3n) is 11.4. The fourth-order valence-corrected chi connectivity index (χ4v) is 8.70. The van der Waals surface area contributed by atoms with E-state index in [1.165, 1.54) is 32.6 Å². The molecule has 0 N–H and O–H groups in total. The van der Waals surface area contributed by atoms with E-state index in [0.29, 0.717) is 17.5 Å². The van der Waals surface area contributed by atoms with Crippen molar-refractivity contribution in [3.8, 4) is 73.6 Å². The summed E-state index contributed by atoms with van der Waals surface area (Å²) in [4.78, 5) is 15.4. The van der Waals surface area contributed by atoms with Crippen molar-refractivity contribution in [3.63, 3.8) is 0 Å². The molecule has 0 aliphatic carbocycles. The summed E-state index contributed by atoms with van der Waals surface area (Å²) in [6, 6.07) is 68.0. The third kappa shape index (κ3) is 5.14. The second-order valence-corrected chi connectivity index (χ2v) is 14.8. The summed E-state index contributed by atoms with van der Waals surface area (Å²) in [5.41, 5.74) is 10.6. The monoisotopic (exact) mass is 740 g/mol. The highest BCUT2D eigenvalue weighted by molar-refractivity contribution is 6.14. The van der Waals surface area contributed by atoms with Crippen LogP contribution < -0.4 is 4.74 Å². The van der Waals surface area contributed by atoms with Gasteiger partial charge in [0.05, 0.1) is 11.0 Å². The highest BCUT2D eigenvalue weighted by atomic mass is 16.5. The van der Waals surface area contributed by atoms with Gasteiger partial charge in [-0.1, -0.05) is 140 Å². The molecule has 2 aromatic heterocycles. The average molecular weight is 741 g/mol. The van der Waals surface area contributed by atoms with E-state index < -0.39 is 0 Å². The van der Waals surface area contributed by atoms with E-state index in [-0.39, 0.29) is 0 Å². The molecule has 1 aliphatic rings. The van der Waals surface area contributed by atoms with Gasteiger partial charge in [-0.2, -0.15) is 0 Å². The first-order valence-electron chi connectivity index (χ1n) is 19.5. The molecule has 11 aromatic rings. The van der Waals surface area contributed by atoms with Gasteiger partial charge >= 0.3 is 0 Å². The maximum absolute atomic E-state index is 6.72. The van der Waals surface area contributed by atoms with Crippen LogP contribution in [0, 0.1) is 0 Å². The minimum absolute atomic E-state index is 0.606. The van der Waals surface area contributed by atoms with E-state index in [4.69, 9.17) is 19.7 Å². The van der Waals surface area contributed by atoms with Crippen LogP contribution in [0.3, 0.4) is 0 Å². The van der Waals surface area contributed by atoms with Crippen molar-refractivity contribution in [2.24, 2.45) is 0 Å². The fraction of sp³-hybridized carbons (Fsp3) is 0. The van der Waals surface area contributed by atoms with Gasteiger partial charge in [0, 0.05) is 44.1 Å². The van der Waals surface area contributed by atoms with Gasteiger partial charge in [-0.05, 0) is 87.4 Å². The van der Waals surface area contributed by atoms with Gasteiger partial charge in [0.15, 0.2) is 17.5 Å². The number of ether oxygens (including phenoxy) is 1. The first kappa shape index (κ1) is 32.4. The number of benzene rings is 9. The number of nitrogens with zero attached hydrogens (tertiary/aromatic N) is 4. The Morgan fingerprint density at radius 2 is 0.983 bits per heavy atom. The Labute approximate surface area is 334 Å². The lowest BCUT2D eigenvalue weighted by Crippen LogP contribution is -2.03. The molecule has 0 saturated heterocycles. The highest BCUT2D eigenvalue weighted by Crippen LogP contribution is 2.49. The van der Waals surface area contributed by atoms with Crippen LogP contribution in [0.4, 0.5) is 0 Å². The molecular formula is C53H32N4O. The topological polar surface area (TPSA) is 52.8 Å². The Hall–Kier alpha value is -7.89. The minimum Gasteiger partial charge on any atom is -0.456 e. The lowest BCUT2D eigenvalue weighted by atomic mass is 9.92. The second-order valence-electron chi connectivity index (χ2n) is 14.8. The summed E-state index contributed by atoms with van der Waals surface area (Å²) in [5.74, 6) is 3.49. The van der Waals surface area contributed by atoms with Crippen molar-refractivity contribution < 1.29 is 4.74 Å². The van der Waals surface area contributed by atoms with Crippen LogP contribution in [0.15, 0.2) is 194 Å². The van der Waals surface area contributed by atoms with E-state index in [9.17, 15) is 0 Å². The van der Waals surface area contributed by atoms with Crippen LogP contribution >= 0.6 is 0 Å². The maximum Gasteiger partial charge on any atom is 0.164 e. The number of hydrogen-bond acceptors (Lipinski definition) is 4. The molecule has 0 fully saturated rings. The summed E-state index contributed by atoms with van der Waals surface area (Å²) in [7, 11) is 0. The van der Waals surface area contributed by atoms with Crippen molar-refractivity contribution >= 4 is 43.4 Å².